The van der Waals surface area contributed by atoms with Crippen molar-refractivity contribution in [3.05, 3.63) is 53.2 Å². The second kappa shape index (κ2) is 6.20. The molecule has 128 valence electrons. The van der Waals surface area contributed by atoms with Gasteiger partial charge in [0, 0.05) is 37.9 Å². The molecule has 1 amide bonds. The van der Waals surface area contributed by atoms with Crippen molar-refractivity contribution < 1.29 is 9.21 Å². The summed E-state index contributed by atoms with van der Waals surface area (Å²) < 4.78 is 5.77. The Balaban J connectivity index is 1.47. The number of aromatic nitrogens is 2. The van der Waals surface area contributed by atoms with Crippen LogP contribution >= 0.6 is 0 Å². The van der Waals surface area contributed by atoms with Gasteiger partial charge in [0.15, 0.2) is 5.58 Å². The average Bonchev–Trinajstić information content (AvgIpc) is 3.08. The maximum absolute atomic E-state index is 12.8. The monoisotopic (exact) mass is 336 g/mol. The van der Waals surface area contributed by atoms with Gasteiger partial charge in [-0.15, -0.1) is 0 Å². The van der Waals surface area contributed by atoms with E-state index < -0.39 is 0 Å². The van der Waals surface area contributed by atoms with E-state index in [0.717, 1.165) is 16.7 Å². The van der Waals surface area contributed by atoms with Gasteiger partial charge in [-0.2, -0.15) is 4.98 Å². The number of hydrogen-bond donors (Lipinski definition) is 0. The molecule has 0 bridgehead atoms. The van der Waals surface area contributed by atoms with E-state index >= 15 is 0 Å². The fourth-order valence-electron chi connectivity index (χ4n) is 3.15. The molecule has 2 aromatic heterocycles. The van der Waals surface area contributed by atoms with Crippen molar-refractivity contribution in [3.63, 3.8) is 0 Å². The summed E-state index contributed by atoms with van der Waals surface area (Å²) in [5.41, 5.74) is 4.29. The Kier molecular flexibility index (Phi) is 3.87. The van der Waals surface area contributed by atoms with Crippen molar-refractivity contribution >= 4 is 23.2 Å². The number of anilines is 1. The molecule has 3 aromatic rings. The number of carbonyl (C=O) groups excluding carboxylic acids is 1. The molecule has 3 heterocycles. The van der Waals surface area contributed by atoms with Gasteiger partial charge in [-0.1, -0.05) is 12.1 Å². The van der Waals surface area contributed by atoms with Gasteiger partial charge < -0.3 is 14.2 Å². The van der Waals surface area contributed by atoms with E-state index in [9.17, 15) is 4.79 Å². The Bertz CT molecular complexity index is 893. The van der Waals surface area contributed by atoms with Crippen LogP contribution in [0.5, 0.6) is 0 Å². The van der Waals surface area contributed by atoms with Crippen LogP contribution in [0.4, 0.5) is 6.01 Å². The molecule has 1 aliphatic heterocycles. The molecule has 1 fully saturated rings. The van der Waals surface area contributed by atoms with Gasteiger partial charge in [0.05, 0.1) is 0 Å². The van der Waals surface area contributed by atoms with Gasteiger partial charge in [-0.3, -0.25) is 4.79 Å². The van der Waals surface area contributed by atoms with E-state index in [-0.39, 0.29) is 5.91 Å². The number of nitrogens with zero attached hydrogens (tertiary/aromatic N) is 4. The highest BCUT2D eigenvalue weighted by Gasteiger charge is 2.25. The number of hydrogen-bond acceptors (Lipinski definition) is 5. The summed E-state index contributed by atoms with van der Waals surface area (Å²) in [7, 11) is 0. The second-order valence-corrected chi connectivity index (χ2v) is 6.35. The lowest BCUT2D eigenvalue weighted by molar-refractivity contribution is 0.0744. The van der Waals surface area contributed by atoms with E-state index in [1.807, 2.05) is 49.1 Å². The normalized spacial score (nSPS) is 15.0. The van der Waals surface area contributed by atoms with Crippen LogP contribution in [0.1, 0.15) is 21.5 Å². The lowest BCUT2D eigenvalue weighted by atomic mass is 10.0. The number of benzene rings is 1. The summed E-state index contributed by atoms with van der Waals surface area (Å²) in [5.74, 6) is 0.0973. The van der Waals surface area contributed by atoms with Gasteiger partial charge in [0.1, 0.15) is 0 Å². The minimum Gasteiger partial charge on any atom is -0.422 e. The van der Waals surface area contributed by atoms with Crippen LogP contribution < -0.4 is 4.90 Å². The van der Waals surface area contributed by atoms with Gasteiger partial charge >= 0.3 is 0 Å². The third kappa shape index (κ3) is 2.84. The molecule has 1 aliphatic rings. The molecule has 0 radical (unpaired) electrons. The highest BCUT2D eigenvalue weighted by atomic mass is 16.4. The van der Waals surface area contributed by atoms with Crippen molar-refractivity contribution in [1.29, 1.82) is 0 Å². The van der Waals surface area contributed by atoms with Crippen LogP contribution in [0.3, 0.4) is 0 Å². The van der Waals surface area contributed by atoms with Crippen molar-refractivity contribution in [2.45, 2.75) is 13.8 Å². The molecule has 6 nitrogen and oxygen atoms in total. The molecule has 4 rings (SSSR count). The molecular weight excluding hydrogens is 316 g/mol. The number of oxazole rings is 1. The second-order valence-electron chi connectivity index (χ2n) is 6.35. The molecule has 0 saturated carbocycles. The summed E-state index contributed by atoms with van der Waals surface area (Å²) in [6.45, 7) is 6.74. The molecule has 1 saturated heterocycles. The molecule has 0 unspecified atom stereocenters. The van der Waals surface area contributed by atoms with Crippen molar-refractivity contribution in [2.75, 3.05) is 31.1 Å². The lowest BCUT2D eigenvalue weighted by Gasteiger charge is -2.34. The summed E-state index contributed by atoms with van der Waals surface area (Å²) >= 11 is 0. The predicted molar refractivity (Wildman–Crippen MR) is 95.8 cm³/mol. The summed E-state index contributed by atoms with van der Waals surface area (Å²) in [6, 6.07) is 10.1. The van der Waals surface area contributed by atoms with Crippen LogP contribution in [-0.4, -0.2) is 47.0 Å². The van der Waals surface area contributed by atoms with E-state index in [2.05, 4.69) is 14.9 Å². The first-order valence-corrected chi connectivity index (χ1v) is 8.45. The molecule has 0 N–H and O–H groups in total. The molecule has 1 aromatic carbocycles. The molecule has 6 heteroatoms. The Hall–Kier alpha value is -2.89. The van der Waals surface area contributed by atoms with E-state index in [1.54, 1.807) is 6.20 Å². The molecular formula is C19H20N4O2. The van der Waals surface area contributed by atoms with Crippen LogP contribution in [0.2, 0.25) is 0 Å². The number of rotatable bonds is 2. The van der Waals surface area contributed by atoms with Crippen molar-refractivity contribution in [1.82, 2.24) is 14.9 Å². The SMILES string of the molecule is Cc1cccc(C(=O)N2CCN(c3nc4ncccc4o3)CC2)c1C. The Labute approximate surface area is 146 Å². The quantitative estimate of drug-likeness (QED) is 0.720. The zero-order valence-corrected chi connectivity index (χ0v) is 14.4. The third-order valence-electron chi connectivity index (χ3n) is 4.83. The number of fused-ring (bicyclic) bond motifs is 1. The smallest absolute Gasteiger partial charge is 0.300 e. The van der Waals surface area contributed by atoms with Crippen LogP contribution in [0.15, 0.2) is 40.9 Å². The fraction of sp³-hybridized carbons (Fsp3) is 0.316. The maximum atomic E-state index is 12.8. The Morgan fingerprint density at radius 1 is 1.08 bits per heavy atom. The maximum Gasteiger partial charge on any atom is 0.300 e. The first-order valence-electron chi connectivity index (χ1n) is 8.45. The number of aryl methyl sites for hydroxylation is 1. The topological polar surface area (TPSA) is 62.5 Å². The molecule has 0 spiro atoms. The van der Waals surface area contributed by atoms with E-state index in [4.69, 9.17) is 4.42 Å². The summed E-state index contributed by atoms with van der Waals surface area (Å²) in [4.78, 5) is 25.4. The van der Waals surface area contributed by atoms with Crippen molar-refractivity contribution in [3.8, 4) is 0 Å². The minimum atomic E-state index is 0.0973. The predicted octanol–water partition coefficient (Wildman–Crippen LogP) is 2.80. The van der Waals surface area contributed by atoms with Gasteiger partial charge in [-0.25, -0.2) is 4.98 Å². The molecule has 0 aliphatic carbocycles. The Morgan fingerprint density at radius 3 is 2.64 bits per heavy atom. The zero-order valence-electron chi connectivity index (χ0n) is 14.4. The van der Waals surface area contributed by atoms with Crippen LogP contribution in [0, 0.1) is 13.8 Å². The fourth-order valence-corrected chi connectivity index (χ4v) is 3.15. The van der Waals surface area contributed by atoms with Crippen LogP contribution in [0.25, 0.3) is 11.2 Å². The third-order valence-corrected chi connectivity index (χ3v) is 4.83. The average molecular weight is 336 g/mol. The first-order chi connectivity index (χ1) is 12.1. The first kappa shape index (κ1) is 15.6. The number of piperazine rings is 1. The van der Waals surface area contributed by atoms with E-state index in [0.29, 0.717) is 43.4 Å². The van der Waals surface area contributed by atoms with Crippen molar-refractivity contribution in [2.24, 2.45) is 0 Å². The highest BCUT2D eigenvalue weighted by molar-refractivity contribution is 5.96. The summed E-state index contributed by atoms with van der Waals surface area (Å²) in [5, 5.41) is 0. The van der Waals surface area contributed by atoms with Gasteiger partial charge in [0.2, 0.25) is 5.65 Å². The largest absolute Gasteiger partial charge is 0.422 e. The van der Waals surface area contributed by atoms with Crippen LogP contribution in [-0.2, 0) is 0 Å². The number of pyridine rings is 1. The number of carbonyl (C=O) groups is 1. The highest BCUT2D eigenvalue weighted by Crippen LogP contribution is 2.22. The lowest BCUT2D eigenvalue weighted by Crippen LogP contribution is -2.49. The Morgan fingerprint density at radius 2 is 1.88 bits per heavy atom. The minimum absolute atomic E-state index is 0.0973. The number of amides is 1. The summed E-state index contributed by atoms with van der Waals surface area (Å²) in [6.07, 6.45) is 1.70. The van der Waals surface area contributed by atoms with Gasteiger partial charge in [0.25, 0.3) is 11.9 Å². The van der Waals surface area contributed by atoms with Gasteiger partial charge in [-0.05, 0) is 43.2 Å². The standard InChI is InChI=1S/C19H20N4O2/c1-13-5-3-6-15(14(13)2)18(24)22-9-11-23(12-10-22)19-21-17-16(25-19)7-4-8-20-17/h3-8H,9-12H2,1-2H3. The molecule has 0 atom stereocenters. The molecule has 25 heavy (non-hydrogen) atoms. The van der Waals surface area contributed by atoms with E-state index in [1.165, 1.54) is 0 Å². The zero-order chi connectivity index (χ0) is 17.4.